The summed E-state index contributed by atoms with van der Waals surface area (Å²) in [5.41, 5.74) is 10.8. The number of nitrogens with one attached hydrogen (secondary N) is 1. The summed E-state index contributed by atoms with van der Waals surface area (Å²) in [7, 11) is 0. The van der Waals surface area contributed by atoms with Crippen LogP contribution in [0.3, 0.4) is 0 Å². The Morgan fingerprint density at radius 3 is 2.32 bits per heavy atom. The van der Waals surface area contributed by atoms with Crippen molar-refractivity contribution < 1.29 is 0 Å². The molecule has 0 fully saturated rings. The Hall–Kier alpha value is -3.85. The molecule has 0 unspecified atom stereocenters. The molecule has 0 amide bonds. The van der Waals surface area contributed by atoms with Crippen LogP contribution in [-0.2, 0) is 0 Å². The van der Waals surface area contributed by atoms with Crippen LogP contribution in [0.1, 0.15) is 5.56 Å². The monoisotopic (exact) mass is 361 g/mol. The van der Waals surface area contributed by atoms with Gasteiger partial charge in [0.05, 0.1) is 11.0 Å². The normalized spacial score (nSPS) is 12.1. The largest absolute Gasteiger partial charge is 0.404 e. The quantitative estimate of drug-likeness (QED) is 0.387. The number of hydrogen-bond acceptors (Lipinski definition) is 2. The highest BCUT2D eigenvalue weighted by molar-refractivity contribution is 6.22. The van der Waals surface area contributed by atoms with Gasteiger partial charge < -0.3 is 15.7 Å². The summed E-state index contributed by atoms with van der Waals surface area (Å²) in [6, 6.07) is 29.6. The summed E-state index contributed by atoms with van der Waals surface area (Å²) in [4.78, 5) is 0. The highest BCUT2D eigenvalue weighted by Gasteiger charge is 2.15. The predicted octanol–water partition coefficient (Wildman–Crippen LogP) is 5.89. The summed E-state index contributed by atoms with van der Waals surface area (Å²) in [6.07, 6.45) is 2.79. The molecule has 0 aliphatic carbocycles. The molecule has 0 radical (unpaired) electrons. The zero-order chi connectivity index (χ0) is 19.1. The van der Waals surface area contributed by atoms with E-state index >= 15 is 0 Å². The van der Waals surface area contributed by atoms with Crippen LogP contribution < -0.4 is 5.73 Å². The fourth-order valence-electron chi connectivity index (χ4n) is 4.05. The van der Waals surface area contributed by atoms with E-state index in [4.69, 9.17) is 11.1 Å². The maximum Gasteiger partial charge on any atom is 0.0547 e. The van der Waals surface area contributed by atoms with Crippen molar-refractivity contribution in [1.29, 1.82) is 5.41 Å². The summed E-state index contributed by atoms with van der Waals surface area (Å²) in [5, 5.41) is 12.5. The Bertz CT molecular complexity index is 1380. The van der Waals surface area contributed by atoms with Crippen molar-refractivity contribution in [2.75, 3.05) is 0 Å². The van der Waals surface area contributed by atoms with E-state index in [0.29, 0.717) is 5.57 Å². The standard InChI is InChI=1S/C25H19N3/c26-15-19(16-27)18-11-12-23-22(14-18)25-21-9-5-4-6-17(21)10-13-24(25)28(23)20-7-2-1-3-8-20/h1-16,26H,27H2. The lowest BCUT2D eigenvalue weighted by molar-refractivity contribution is 1.18. The number of aromatic nitrogens is 1. The number of nitrogens with two attached hydrogens (primary N) is 1. The Balaban J connectivity index is 1.99. The van der Waals surface area contributed by atoms with Gasteiger partial charge in [0.1, 0.15) is 0 Å². The number of fused-ring (bicyclic) bond motifs is 5. The second-order valence-electron chi connectivity index (χ2n) is 6.85. The van der Waals surface area contributed by atoms with Gasteiger partial charge in [-0.05, 0) is 46.7 Å². The molecule has 0 spiro atoms. The molecule has 0 bridgehead atoms. The molecule has 0 saturated carbocycles. The molecule has 1 heterocycles. The van der Waals surface area contributed by atoms with Crippen LogP contribution in [0.15, 0.2) is 91.1 Å². The zero-order valence-corrected chi connectivity index (χ0v) is 15.3. The number of hydrogen-bond donors (Lipinski definition) is 2. The molecule has 4 aromatic carbocycles. The van der Waals surface area contributed by atoms with Gasteiger partial charge in [0.2, 0.25) is 0 Å². The second-order valence-corrected chi connectivity index (χ2v) is 6.85. The Kier molecular flexibility index (Phi) is 3.73. The minimum Gasteiger partial charge on any atom is -0.404 e. The highest BCUT2D eigenvalue weighted by atomic mass is 15.0. The molecule has 3 heteroatoms. The molecule has 5 aromatic rings. The lowest BCUT2D eigenvalue weighted by Crippen LogP contribution is -1.94. The Morgan fingerprint density at radius 1 is 0.786 bits per heavy atom. The molecule has 3 nitrogen and oxygen atoms in total. The van der Waals surface area contributed by atoms with Gasteiger partial charge in [-0.25, -0.2) is 0 Å². The summed E-state index contributed by atoms with van der Waals surface area (Å²) >= 11 is 0. The smallest absolute Gasteiger partial charge is 0.0547 e. The Morgan fingerprint density at radius 2 is 1.54 bits per heavy atom. The summed E-state index contributed by atoms with van der Waals surface area (Å²) in [5.74, 6) is 0. The van der Waals surface area contributed by atoms with Crippen LogP contribution in [0.25, 0.3) is 43.8 Å². The van der Waals surface area contributed by atoms with Crippen LogP contribution in [0.2, 0.25) is 0 Å². The van der Waals surface area contributed by atoms with E-state index < -0.39 is 0 Å². The van der Waals surface area contributed by atoms with E-state index in [1.807, 2.05) is 12.1 Å². The lowest BCUT2D eigenvalue weighted by Gasteiger charge is -2.08. The molecule has 28 heavy (non-hydrogen) atoms. The maximum atomic E-state index is 7.66. The number of allylic oxidation sites excluding steroid dienone is 1. The van der Waals surface area contributed by atoms with Gasteiger partial charge in [0, 0.05) is 34.4 Å². The zero-order valence-electron chi connectivity index (χ0n) is 15.3. The first-order chi connectivity index (χ1) is 13.8. The van der Waals surface area contributed by atoms with Gasteiger partial charge in [-0.3, -0.25) is 0 Å². The lowest BCUT2D eigenvalue weighted by atomic mass is 10.0. The van der Waals surface area contributed by atoms with Crippen molar-refractivity contribution in [3.05, 3.63) is 96.7 Å². The molecule has 0 saturated heterocycles. The van der Waals surface area contributed by atoms with Crippen molar-refractivity contribution in [3.63, 3.8) is 0 Å². The number of benzene rings is 4. The van der Waals surface area contributed by atoms with Crippen molar-refractivity contribution in [1.82, 2.24) is 4.57 Å². The van der Waals surface area contributed by atoms with Gasteiger partial charge in [-0.2, -0.15) is 0 Å². The average Bonchev–Trinajstić information content (AvgIpc) is 3.09. The number of para-hydroxylation sites is 1. The third kappa shape index (κ3) is 2.33. The Labute approximate surface area is 162 Å². The molecule has 0 aliphatic rings. The van der Waals surface area contributed by atoms with Gasteiger partial charge in [0.25, 0.3) is 0 Å². The van der Waals surface area contributed by atoms with E-state index in [2.05, 4.69) is 77.4 Å². The van der Waals surface area contributed by atoms with Crippen molar-refractivity contribution in [2.24, 2.45) is 5.73 Å². The van der Waals surface area contributed by atoms with Crippen molar-refractivity contribution in [2.45, 2.75) is 0 Å². The topological polar surface area (TPSA) is 54.8 Å². The van der Waals surface area contributed by atoms with Gasteiger partial charge in [-0.1, -0.05) is 54.6 Å². The highest BCUT2D eigenvalue weighted by Crippen LogP contribution is 2.37. The fourth-order valence-corrected chi connectivity index (χ4v) is 4.05. The summed E-state index contributed by atoms with van der Waals surface area (Å²) < 4.78 is 2.30. The molecular formula is C25H19N3. The first-order valence-electron chi connectivity index (χ1n) is 9.26. The van der Waals surface area contributed by atoms with Crippen LogP contribution in [0.5, 0.6) is 0 Å². The summed E-state index contributed by atoms with van der Waals surface area (Å²) in [6.45, 7) is 0. The van der Waals surface area contributed by atoms with Crippen LogP contribution in [-0.4, -0.2) is 10.8 Å². The SMILES string of the molecule is N=CC(=CN)c1ccc2c(c1)c1c3ccccc3ccc1n2-c1ccccc1. The second kappa shape index (κ2) is 6.39. The molecule has 1 aromatic heterocycles. The first-order valence-corrected chi connectivity index (χ1v) is 9.26. The number of rotatable bonds is 3. The van der Waals surface area contributed by atoms with Crippen molar-refractivity contribution in [3.8, 4) is 5.69 Å². The van der Waals surface area contributed by atoms with E-state index in [1.54, 1.807) is 0 Å². The van der Waals surface area contributed by atoms with Crippen LogP contribution >= 0.6 is 0 Å². The molecule has 5 rings (SSSR count). The maximum absolute atomic E-state index is 7.66. The average molecular weight is 361 g/mol. The first kappa shape index (κ1) is 16.3. The van der Waals surface area contributed by atoms with Crippen LogP contribution in [0, 0.1) is 5.41 Å². The minimum atomic E-state index is 0.711. The fraction of sp³-hybridized carbons (Fsp3) is 0. The van der Waals surface area contributed by atoms with E-state index in [9.17, 15) is 0 Å². The van der Waals surface area contributed by atoms with Gasteiger partial charge in [-0.15, -0.1) is 0 Å². The molecule has 134 valence electrons. The third-order valence-electron chi connectivity index (χ3n) is 5.34. The molecule has 0 atom stereocenters. The molecular weight excluding hydrogens is 342 g/mol. The predicted molar refractivity (Wildman–Crippen MR) is 119 cm³/mol. The van der Waals surface area contributed by atoms with E-state index in [0.717, 1.165) is 22.2 Å². The van der Waals surface area contributed by atoms with E-state index in [-0.39, 0.29) is 0 Å². The minimum absolute atomic E-state index is 0.711. The number of nitrogens with zero attached hydrogens (tertiary/aromatic N) is 1. The van der Waals surface area contributed by atoms with E-state index in [1.165, 1.54) is 34.1 Å². The molecule has 3 N–H and O–H groups in total. The van der Waals surface area contributed by atoms with Crippen LogP contribution in [0.4, 0.5) is 0 Å². The molecule has 0 aliphatic heterocycles. The van der Waals surface area contributed by atoms with Gasteiger partial charge in [0.15, 0.2) is 0 Å². The van der Waals surface area contributed by atoms with Gasteiger partial charge >= 0.3 is 0 Å². The van der Waals surface area contributed by atoms with Crippen molar-refractivity contribution >= 4 is 44.4 Å². The third-order valence-corrected chi connectivity index (χ3v) is 5.34.